The summed E-state index contributed by atoms with van der Waals surface area (Å²) in [6.07, 6.45) is 6.07. The highest BCUT2D eigenvalue weighted by Gasteiger charge is 2.30. The molecule has 1 aliphatic carbocycles. The smallest absolute Gasteiger partial charge is 0.129 e. The molecule has 34 heavy (non-hydrogen) atoms. The zero-order valence-electron chi connectivity index (χ0n) is 20.4. The minimum absolute atomic E-state index is 0.515. The third kappa shape index (κ3) is 5.52. The molecule has 4 rings (SSSR count). The molecule has 0 unspecified atom stereocenters. The zero-order valence-corrected chi connectivity index (χ0v) is 20.4. The van der Waals surface area contributed by atoms with Crippen molar-refractivity contribution in [3.05, 3.63) is 79.0 Å². The molecule has 1 aromatic carbocycles. The van der Waals surface area contributed by atoms with Gasteiger partial charge in [0.15, 0.2) is 0 Å². The molecular formula is C29H37FN4. The van der Waals surface area contributed by atoms with Crippen molar-refractivity contribution in [3.63, 3.8) is 0 Å². The van der Waals surface area contributed by atoms with E-state index in [1.165, 1.54) is 5.56 Å². The van der Waals surface area contributed by atoms with E-state index < -0.39 is 5.67 Å². The third-order valence-corrected chi connectivity index (χ3v) is 7.37. The maximum Gasteiger partial charge on any atom is 0.129 e. The SMILES string of the molecule is C=CC(=C)N1CCN(c2ccc(C(=C)N)c(-c3ccc(CC4CCC(C)(F)CC4)cc3)n2)CC1. The lowest BCUT2D eigenvalue weighted by Gasteiger charge is -2.37. The predicted octanol–water partition coefficient (Wildman–Crippen LogP) is 5.96. The van der Waals surface area contributed by atoms with Crippen LogP contribution in [0.1, 0.15) is 43.7 Å². The molecule has 0 bridgehead atoms. The van der Waals surface area contributed by atoms with E-state index in [1.807, 2.05) is 18.2 Å². The van der Waals surface area contributed by atoms with Crippen LogP contribution >= 0.6 is 0 Å². The summed E-state index contributed by atoms with van der Waals surface area (Å²) in [7, 11) is 0. The third-order valence-electron chi connectivity index (χ3n) is 7.37. The van der Waals surface area contributed by atoms with Crippen molar-refractivity contribution < 1.29 is 4.39 Å². The second-order valence-corrected chi connectivity index (χ2v) is 10.0. The molecule has 1 aliphatic heterocycles. The number of aromatic nitrogens is 1. The van der Waals surface area contributed by atoms with Crippen LogP contribution in [0, 0.1) is 5.92 Å². The maximum atomic E-state index is 14.1. The van der Waals surface area contributed by atoms with Crippen LogP contribution in [0.5, 0.6) is 0 Å². The molecule has 1 aromatic heterocycles. The number of piperazine rings is 1. The molecular weight excluding hydrogens is 423 g/mol. The summed E-state index contributed by atoms with van der Waals surface area (Å²) in [4.78, 5) is 9.57. The van der Waals surface area contributed by atoms with Gasteiger partial charge in [-0.3, -0.25) is 0 Å². The first-order valence-corrected chi connectivity index (χ1v) is 12.3. The van der Waals surface area contributed by atoms with Crippen LogP contribution in [0.3, 0.4) is 0 Å². The molecule has 2 N–H and O–H groups in total. The molecule has 0 amide bonds. The van der Waals surface area contributed by atoms with Crippen molar-refractivity contribution >= 4 is 11.5 Å². The van der Waals surface area contributed by atoms with Gasteiger partial charge >= 0.3 is 0 Å². The van der Waals surface area contributed by atoms with Crippen molar-refractivity contribution in [2.75, 3.05) is 31.1 Å². The fourth-order valence-corrected chi connectivity index (χ4v) is 5.07. The Hall–Kier alpha value is -3.08. The number of pyridine rings is 1. The van der Waals surface area contributed by atoms with Crippen LogP contribution in [0.2, 0.25) is 0 Å². The van der Waals surface area contributed by atoms with E-state index in [-0.39, 0.29) is 0 Å². The predicted molar refractivity (Wildman–Crippen MR) is 141 cm³/mol. The fourth-order valence-electron chi connectivity index (χ4n) is 5.07. The second kappa shape index (κ2) is 10.0. The highest BCUT2D eigenvalue weighted by atomic mass is 19.1. The van der Waals surface area contributed by atoms with E-state index in [2.05, 4.69) is 53.8 Å². The van der Waals surface area contributed by atoms with E-state index in [4.69, 9.17) is 10.7 Å². The van der Waals surface area contributed by atoms with Crippen LogP contribution in [0.4, 0.5) is 10.2 Å². The van der Waals surface area contributed by atoms with E-state index in [9.17, 15) is 4.39 Å². The molecule has 180 valence electrons. The summed E-state index contributed by atoms with van der Waals surface area (Å²) in [5.74, 6) is 1.51. The van der Waals surface area contributed by atoms with Gasteiger partial charge in [0, 0.05) is 48.7 Å². The normalized spacial score (nSPS) is 22.9. The number of anilines is 1. The highest BCUT2D eigenvalue weighted by Crippen LogP contribution is 2.36. The fraction of sp³-hybridized carbons (Fsp3) is 0.414. The van der Waals surface area contributed by atoms with Gasteiger partial charge in [-0.25, -0.2) is 9.37 Å². The number of rotatable bonds is 7. The zero-order chi connectivity index (χ0) is 24.3. The van der Waals surface area contributed by atoms with Crippen molar-refractivity contribution in [1.29, 1.82) is 0 Å². The number of allylic oxidation sites excluding steroid dienone is 1. The van der Waals surface area contributed by atoms with Gasteiger partial charge in [0.25, 0.3) is 0 Å². The largest absolute Gasteiger partial charge is 0.399 e. The molecule has 0 radical (unpaired) electrons. The Bertz CT molecular complexity index is 1040. The van der Waals surface area contributed by atoms with Gasteiger partial charge in [-0.05, 0) is 68.7 Å². The first-order chi connectivity index (χ1) is 16.3. The molecule has 0 atom stereocenters. The molecule has 2 fully saturated rings. The van der Waals surface area contributed by atoms with E-state index in [0.717, 1.165) is 73.8 Å². The summed E-state index contributed by atoms with van der Waals surface area (Å²) in [5.41, 5.74) is 10.7. The monoisotopic (exact) mass is 460 g/mol. The van der Waals surface area contributed by atoms with Crippen LogP contribution in [0.15, 0.2) is 67.9 Å². The van der Waals surface area contributed by atoms with Crippen LogP contribution in [0.25, 0.3) is 17.0 Å². The van der Waals surface area contributed by atoms with E-state index in [1.54, 1.807) is 6.92 Å². The van der Waals surface area contributed by atoms with Gasteiger partial charge in [-0.1, -0.05) is 44.0 Å². The van der Waals surface area contributed by atoms with Crippen LogP contribution in [-0.4, -0.2) is 41.7 Å². The summed E-state index contributed by atoms with van der Waals surface area (Å²) in [6.45, 7) is 17.1. The number of hydrogen-bond donors (Lipinski definition) is 1. The number of alkyl halides is 1. The number of hydrogen-bond acceptors (Lipinski definition) is 4. The van der Waals surface area contributed by atoms with Crippen molar-refractivity contribution in [1.82, 2.24) is 9.88 Å². The first kappa shape index (κ1) is 24.1. The van der Waals surface area contributed by atoms with Gasteiger partial charge in [-0.2, -0.15) is 0 Å². The first-order valence-electron chi connectivity index (χ1n) is 12.3. The van der Waals surface area contributed by atoms with Gasteiger partial charge in [0.05, 0.1) is 5.69 Å². The molecule has 2 aliphatic rings. The molecule has 5 heteroatoms. The summed E-state index contributed by atoms with van der Waals surface area (Å²) < 4.78 is 14.1. The van der Waals surface area contributed by atoms with Crippen molar-refractivity contribution in [2.24, 2.45) is 11.7 Å². The van der Waals surface area contributed by atoms with Gasteiger partial charge < -0.3 is 15.5 Å². The minimum Gasteiger partial charge on any atom is -0.399 e. The Balaban J connectivity index is 1.50. The Morgan fingerprint density at radius 2 is 1.74 bits per heavy atom. The number of nitrogens with zero attached hydrogens (tertiary/aromatic N) is 3. The van der Waals surface area contributed by atoms with Crippen molar-refractivity contribution in [3.8, 4) is 11.3 Å². The standard InChI is InChI=1S/C29H37FN4/c1-5-21(2)33-16-18-34(19-17-33)27-11-10-26(22(3)31)28(32-27)25-8-6-23(7-9-25)20-24-12-14-29(4,30)15-13-24/h5-11,24H,1-3,12-20,31H2,4H3. The number of halogens is 1. The van der Waals surface area contributed by atoms with Gasteiger partial charge in [0.2, 0.25) is 0 Å². The Kier molecular flexibility index (Phi) is 7.11. The number of nitrogens with two attached hydrogens (primary N) is 1. The van der Waals surface area contributed by atoms with Crippen molar-refractivity contribution in [2.45, 2.75) is 44.7 Å². The molecule has 0 spiro atoms. The summed E-state index contributed by atoms with van der Waals surface area (Å²) in [5, 5.41) is 0. The quantitative estimate of drug-likeness (QED) is 0.518. The minimum atomic E-state index is -0.982. The molecule has 2 aromatic rings. The van der Waals surface area contributed by atoms with Crippen LogP contribution < -0.4 is 10.6 Å². The Labute approximate surface area is 203 Å². The summed E-state index contributed by atoms with van der Waals surface area (Å²) in [6, 6.07) is 12.7. The van der Waals surface area contributed by atoms with Gasteiger partial charge in [0.1, 0.15) is 11.5 Å². The van der Waals surface area contributed by atoms with Crippen LogP contribution in [-0.2, 0) is 6.42 Å². The average molecular weight is 461 g/mol. The molecule has 1 saturated carbocycles. The number of benzene rings is 1. The lowest BCUT2D eigenvalue weighted by atomic mass is 9.78. The topological polar surface area (TPSA) is 45.4 Å². The second-order valence-electron chi connectivity index (χ2n) is 10.0. The lowest BCUT2D eigenvalue weighted by molar-refractivity contribution is 0.103. The maximum absolute atomic E-state index is 14.1. The van der Waals surface area contributed by atoms with E-state index in [0.29, 0.717) is 24.5 Å². The van der Waals surface area contributed by atoms with Gasteiger partial charge in [-0.15, -0.1) is 0 Å². The molecule has 2 heterocycles. The molecule has 1 saturated heterocycles. The van der Waals surface area contributed by atoms with E-state index >= 15 is 0 Å². The lowest BCUT2D eigenvalue weighted by Crippen LogP contribution is -2.45. The molecule has 4 nitrogen and oxygen atoms in total. The Morgan fingerprint density at radius 1 is 1.09 bits per heavy atom. The summed E-state index contributed by atoms with van der Waals surface area (Å²) >= 11 is 0. The highest BCUT2D eigenvalue weighted by molar-refractivity contribution is 5.78. The Morgan fingerprint density at radius 3 is 2.32 bits per heavy atom. The average Bonchev–Trinajstić information content (AvgIpc) is 2.85.